The largest absolute Gasteiger partial charge is 0.359 e. The lowest BCUT2D eigenvalue weighted by Gasteiger charge is -2.31. The van der Waals surface area contributed by atoms with Crippen molar-refractivity contribution in [2.75, 3.05) is 26.7 Å². The van der Waals surface area contributed by atoms with Crippen LogP contribution >= 0.6 is 0 Å². The van der Waals surface area contributed by atoms with E-state index in [9.17, 15) is 9.59 Å². The molecule has 0 aliphatic carbocycles. The molecule has 2 N–H and O–H groups in total. The Morgan fingerprint density at radius 1 is 1.39 bits per heavy atom. The fraction of sp³-hybridized carbons (Fsp3) is 0.846. The summed E-state index contributed by atoms with van der Waals surface area (Å²) in [4.78, 5) is 26.0. The Bertz CT molecular complexity index is 341. The van der Waals surface area contributed by atoms with Gasteiger partial charge in [0.25, 0.3) is 0 Å². The first-order valence-electron chi connectivity index (χ1n) is 6.53. The highest BCUT2D eigenvalue weighted by Gasteiger charge is 2.44. The zero-order chi connectivity index (χ0) is 14.0. The van der Waals surface area contributed by atoms with Gasteiger partial charge in [0, 0.05) is 20.1 Å². The van der Waals surface area contributed by atoms with E-state index >= 15 is 0 Å². The minimum atomic E-state index is -0.567. The van der Waals surface area contributed by atoms with Gasteiger partial charge in [-0.25, -0.2) is 0 Å². The molecule has 1 fully saturated rings. The number of nitrogens with one attached hydrogen (secondary N) is 2. The Morgan fingerprint density at radius 2 is 2.00 bits per heavy atom. The zero-order valence-corrected chi connectivity index (χ0v) is 12.1. The molecule has 0 aromatic heterocycles. The molecule has 1 saturated heterocycles. The first-order chi connectivity index (χ1) is 8.27. The van der Waals surface area contributed by atoms with Crippen LogP contribution < -0.4 is 10.6 Å². The molecule has 5 nitrogen and oxygen atoms in total. The molecule has 104 valence electrons. The number of hydrogen-bond acceptors (Lipinski definition) is 3. The van der Waals surface area contributed by atoms with E-state index in [2.05, 4.69) is 10.6 Å². The van der Waals surface area contributed by atoms with Crippen LogP contribution in [0.15, 0.2) is 0 Å². The highest BCUT2D eigenvalue weighted by atomic mass is 16.2. The minimum absolute atomic E-state index is 0.0130. The van der Waals surface area contributed by atoms with Gasteiger partial charge in [0.15, 0.2) is 0 Å². The van der Waals surface area contributed by atoms with Crippen LogP contribution in [0, 0.1) is 5.41 Å². The van der Waals surface area contributed by atoms with Gasteiger partial charge >= 0.3 is 0 Å². The van der Waals surface area contributed by atoms with Crippen molar-refractivity contribution in [2.45, 2.75) is 39.7 Å². The number of carbonyl (C=O) groups excluding carboxylic acids is 2. The molecule has 1 aliphatic heterocycles. The molecule has 1 unspecified atom stereocenters. The van der Waals surface area contributed by atoms with Gasteiger partial charge in [-0.3, -0.25) is 9.59 Å². The van der Waals surface area contributed by atoms with Crippen molar-refractivity contribution in [1.82, 2.24) is 15.5 Å². The number of nitrogens with zero attached hydrogens (tertiary/aromatic N) is 1. The summed E-state index contributed by atoms with van der Waals surface area (Å²) in [5.74, 6) is 0.0797. The first kappa shape index (κ1) is 15.0. The third-order valence-electron chi connectivity index (χ3n) is 3.69. The van der Waals surface area contributed by atoms with E-state index in [0.29, 0.717) is 13.1 Å². The molecule has 0 aromatic rings. The van der Waals surface area contributed by atoms with Crippen LogP contribution in [-0.2, 0) is 9.59 Å². The predicted molar refractivity (Wildman–Crippen MR) is 71.1 cm³/mol. The number of likely N-dealkylation sites (N-methyl/N-ethyl adjacent to an activating group) is 1. The summed E-state index contributed by atoms with van der Waals surface area (Å²) in [6, 6.07) is 0. The fourth-order valence-electron chi connectivity index (χ4n) is 2.53. The molecule has 1 aliphatic rings. The fourth-order valence-corrected chi connectivity index (χ4v) is 2.53. The van der Waals surface area contributed by atoms with Crippen molar-refractivity contribution >= 4 is 11.8 Å². The van der Waals surface area contributed by atoms with Crippen LogP contribution in [0.3, 0.4) is 0 Å². The van der Waals surface area contributed by atoms with E-state index in [4.69, 9.17) is 0 Å². The van der Waals surface area contributed by atoms with Crippen molar-refractivity contribution < 1.29 is 9.59 Å². The average Bonchev–Trinajstić information content (AvgIpc) is 2.71. The van der Waals surface area contributed by atoms with Crippen LogP contribution in [0.5, 0.6) is 0 Å². The predicted octanol–water partition coefficient (Wildman–Crippen LogP) is 0.359. The normalized spacial score (nSPS) is 24.2. The monoisotopic (exact) mass is 255 g/mol. The third-order valence-corrected chi connectivity index (χ3v) is 3.69. The zero-order valence-electron chi connectivity index (χ0n) is 12.1. The molecule has 2 amide bonds. The molecule has 18 heavy (non-hydrogen) atoms. The second kappa shape index (κ2) is 5.26. The molecule has 5 heteroatoms. The lowest BCUT2D eigenvalue weighted by molar-refractivity contribution is -0.137. The molecular weight excluding hydrogens is 230 g/mol. The Morgan fingerprint density at radius 3 is 2.50 bits per heavy atom. The number of amides is 2. The first-order valence-corrected chi connectivity index (χ1v) is 6.53. The third kappa shape index (κ3) is 2.83. The SMILES string of the molecule is CCNC(C)(C)C(=O)N1CCC(C)(C(=O)NC)C1. The summed E-state index contributed by atoms with van der Waals surface area (Å²) in [5, 5.41) is 5.86. The standard InChI is InChI=1S/C13H25N3O2/c1-6-15-12(2,3)11(18)16-8-7-13(4,9-16)10(17)14-5/h15H,6-9H2,1-5H3,(H,14,17). The van der Waals surface area contributed by atoms with Crippen molar-refractivity contribution in [2.24, 2.45) is 5.41 Å². The van der Waals surface area contributed by atoms with E-state index in [-0.39, 0.29) is 11.8 Å². The summed E-state index contributed by atoms with van der Waals surface area (Å²) in [5.41, 5.74) is -1.02. The van der Waals surface area contributed by atoms with Crippen molar-refractivity contribution in [3.8, 4) is 0 Å². The van der Waals surface area contributed by atoms with Gasteiger partial charge in [0.05, 0.1) is 11.0 Å². The quantitative estimate of drug-likeness (QED) is 0.762. The van der Waals surface area contributed by atoms with Gasteiger partial charge in [-0.2, -0.15) is 0 Å². The number of likely N-dealkylation sites (tertiary alicyclic amines) is 1. The van der Waals surface area contributed by atoms with Gasteiger partial charge in [-0.15, -0.1) is 0 Å². The summed E-state index contributed by atoms with van der Waals surface area (Å²) >= 11 is 0. The molecule has 0 bridgehead atoms. The highest BCUT2D eigenvalue weighted by Crippen LogP contribution is 2.31. The van der Waals surface area contributed by atoms with Crippen molar-refractivity contribution in [3.05, 3.63) is 0 Å². The molecule has 0 radical (unpaired) electrons. The van der Waals surface area contributed by atoms with E-state index in [0.717, 1.165) is 13.0 Å². The maximum Gasteiger partial charge on any atom is 0.242 e. The van der Waals surface area contributed by atoms with Gasteiger partial charge in [-0.1, -0.05) is 6.92 Å². The van der Waals surface area contributed by atoms with Gasteiger partial charge < -0.3 is 15.5 Å². The highest BCUT2D eigenvalue weighted by molar-refractivity contribution is 5.88. The van der Waals surface area contributed by atoms with Crippen molar-refractivity contribution in [3.63, 3.8) is 0 Å². The Balaban J connectivity index is 2.73. The molecule has 0 spiro atoms. The van der Waals surface area contributed by atoms with E-state index < -0.39 is 11.0 Å². The summed E-state index contributed by atoms with van der Waals surface area (Å²) in [7, 11) is 1.64. The molecular formula is C13H25N3O2. The van der Waals surface area contributed by atoms with Crippen molar-refractivity contribution in [1.29, 1.82) is 0 Å². The second-order valence-corrected chi connectivity index (χ2v) is 5.77. The lowest BCUT2D eigenvalue weighted by Crippen LogP contribution is -2.54. The van der Waals surface area contributed by atoms with Gasteiger partial charge in [-0.05, 0) is 33.7 Å². The number of hydrogen-bond donors (Lipinski definition) is 2. The van der Waals surface area contributed by atoms with Crippen LogP contribution in [0.1, 0.15) is 34.1 Å². The average molecular weight is 255 g/mol. The van der Waals surface area contributed by atoms with E-state index in [1.54, 1.807) is 11.9 Å². The Kier molecular flexibility index (Phi) is 4.37. The number of rotatable bonds is 4. The van der Waals surface area contributed by atoms with Gasteiger partial charge in [0.2, 0.25) is 11.8 Å². The molecule has 1 atom stereocenters. The Labute approximate surface area is 109 Å². The van der Waals surface area contributed by atoms with E-state index in [1.165, 1.54) is 0 Å². The maximum atomic E-state index is 12.4. The van der Waals surface area contributed by atoms with Crippen LogP contribution in [0.2, 0.25) is 0 Å². The second-order valence-electron chi connectivity index (χ2n) is 5.77. The van der Waals surface area contributed by atoms with Gasteiger partial charge in [0.1, 0.15) is 0 Å². The summed E-state index contributed by atoms with van der Waals surface area (Å²) in [6.45, 7) is 9.56. The molecule has 1 heterocycles. The number of carbonyl (C=O) groups is 2. The Hall–Kier alpha value is -1.10. The molecule has 0 saturated carbocycles. The topological polar surface area (TPSA) is 61.4 Å². The molecule has 0 aromatic carbocycles. The lowest BCUT2D eigenvalue weighted by atomic mass is 9.89. The minimum Gasteiger partial charge on any atom is -0.359 e. The smallest absolute Gasteiger partial charge is 0.242 e. The van der Waals surface area contributed by atoms with Crippen LogP contribution in [-0.4, -0.2) is 48.9 Å². The van der Waals surface area contributed by atoms with E-state index in [1.807, 2.05) is 27.7 Å². The molecule has 1 rings (SSSR count). The maximum absolute atomic E-state index is 12.4. The summed E-state index contributed by atoms with van der Waals surface area (Å²) in [6.07, 6.45) is 0.723. The van der Waals surface area contributed by atoms with Crippen LogP contribution in [0.4, 0.5) is 0 Å². The summed E-state index contributed by atoms with van der Waals surface area (Å²) < 4.78 is 0. The van der Waals surface area contributed by atoms with Crippen LogP contribution in [0.25, 0.3) is 0 Å².